The molecule has 132 valence electrons. The monoisotopic (exact) mass is 349 g/mol. The van der Waals surface area contributed by atoms with Gasteiger partial charge in [0, 0.05) is 24.1 Å². The second-order valence-corrected chi connectivity index (χ2v) is 6.25. The first kappa shape index (κ1) is 16.4. The highest BCUT2D eigenvalue weighted by Gasteiger charge is 2.15. The lowest BCUT2D eigenvalue weighted by Gasteiger charge is -2.17. The van der Waals surface area contributed by atoms with Crippen LogP contribution in [0.5, 0.6) is 0 Å². The third-order valence-electron chi connectivity index (χ3n) is 4.31. The third-order valence-corrected chi connectivity index (χ3v) is 4.31. The van der Waals surface area contributed by atoms with Crippen LogP contribution < -0.4 is 4.90 Å². The van der Waals surface area contributed by atoms with Crippen LogP contribution in [0.2, 0.25) is 0 Å². The number of fused-ring (bicyclic) bond motifs is 1. The molecule has 0 radical (unpaired) electrons. The molecule has 3 aromatic heterocycles. The first-order valence-electron chi connectivity index (χ1n) is 8.36. The number of hydrogen-bond donors (Lipinski definition) is 1. The number of aryl methyl sites for hydroxylation is 1. The Morgan fingerprint density at radius 1 is 1.04 bits per heavy atom. The second-order valence-electron chi connectivity index (χ2n) is 6.25. The summed E-state index contributed by atoms with van der Waals surface area (Å²) in [5.74, 6) is 3.52. The minimum absolute atomic E-state index is 0.535. The van der Waals surface area contributed by atoms with Crippen molar-refractivity contribution in [2.24, 2.45) is 0 Å². The molecule has 0 aliphatic carbocycles. The van der Waals surface area contributed by atoms with Crippen LogP contribution in [0.1, 0.15) is 24.5 Å². The Morgan fingerprint density at radius 3 is 2.58 bits per heavy atom. The van der Waals surface area contributed by atoms with Crippen molar-refractivity contribution in [3.63, 3.8) is 0 Å². The maximum atomic E-state index is 9.67. The summed E-state index contributed by atoms with van der Waals surface area (Å²) in [4.78, 5) is 10.7. The molecule has 6 heteroatoms. The molecule has 0 bridgehead atoms. The van der Waals surface area contributed by atoms with Gasteiger partial charge in [0.1, 0.15) is 35.5 Å². The molecule has 0 aliphatic heterocycles. The van der Waals surface area contributed by atoms with Gasteiger partial charge in [0.25, 0.3) is 0 Å². The molecule has 26 heavy (non-hydrogen) atoms. The molecule has 3 heterocycles. The molecule has 4 rings (SSSR count). The van der Waals surface area contributed by atoms with Crippen LogP contribution in [-0.4, -0.2) is 22.1 Å². The summed E-state index contributed by atoms with van der Waals surface area (Å²) >= 11 is 0. The lowest BCUT2D eigenvalue weighted by molar-refractivity contribution is 0.170. The third kappa shape index (κ3) is 2.84. The fourth-order valence-corrected chi connectivity index (χ4v) is 2.90. The van der Waals surface area contributed by atoms with E-state index in [0.29, 0.717) is 17.4 Å². The quantitative estimate of drug-likeness (QED) is 0.580. The predicted molar refractivity (Wildman–Crippen MR) is 99.4 cm³/mol. The van der Waals surface area contributed by atoms with Gasteiger partial charge in [-0.3, -0.25) is 4.90 Å². The van der Waals surface area contributed by atoms with E-state index in [1.165, 1.54) is 0 Å². The van der Waals surface area contributed by atoms with E-state index in [2.05, 4.69) is 9.97 Å². The van der Waals surface area contributed by atoms with Crippen LogP contribution in [0.15, 0.2) is 57.6 Å². The van der Waals surface area contributed by atoms with E-state index in [9.17, 15) is 5.11 Å². The Kier molecular flexibility index (Phi) is 3.97. The molecule has 0 aliphatic rings. The van der Waals surface area contributed by atoms with Gasteiger partial charge in [-0.2, -0.15) is 0 Å². The smallest absolute Gasteiger partial charge is 0.200 e. The van der Waals surface area contributed by atoms with Crippen molar-refractivity contribution in [3.8, 4) is 11.3 Å². The minimum atomic E-state index is -0.642. The van der Waals surface area contributed by atoms with E-state index < -0.39 is 6.10 Å². The second kappa shape index (κ2) is 6.31. The summed E-state index contributed by atoms with van der Waals surface area (Å²) in [7, 11) is 1.91. The average molecular weight is 349 g/mol. The van der Waals surface area contributed by atoms with Crippen LogP contribution in [0.3, 0.4) is 0 Å². The number of hydrogen-bond acceptors (Lipinski definition) is 6. The fourth-order valence-electron chi connectivity index (χ4n) is 2.90. The highest BCUT2D eigenvalue weighted by Crippen LogP contribution is 2.33. The molecular formula is C20H19N3O3. The molecule has 4 aromatic rings. The van der Waals surface area contributed by atoms with Crippen LogP contribution in [0.4, 0.5) is 11.7 Å². The highest BCUT2D eigenvalue weighted by atomic mass is 16.4. The summed E-state index contributed by atoms with van der Waals surface area (Å²) in [5, 5.41) is 10.6. The van der Waals surface area contributed by atoms with Crippen LogP contribution >= 0.6 is 0 Å². The van der Waals surface area contributed by atoms with Gasteiger partial charge < -0.3 is 13.9 Å². The van der Waals surface area contributed by atoms with Gasteiger partial charge >= 0.3 is 0 Å². The SMILES string of the molecule is Cc1ccc(N(C)c2ncnc3ccc(-c4ccc(C(C)O)o4)cc23)o1. The normalized spacial score (nSPS) is 12.5. The molecule has 1 aromatic carbocycles. The van der Waals surface area contributed by atoms with E-state index in [-0.39, 0.29) is 0 Å². The largest absolute Gasteiger partial charge is 0.458 e. The molecule has 0 saturated heterocycles. The Hall–Kier alpha value is -3.12. The van der Waals surface area contributed by atoms with Gasteiger partial charge in [-0.25, -0.2) is 9.97 Å². The summed E-state index contributed by atoms with van der Waals surface area (Å²) in [6.45, 7) is 3.58. The number of aliphatic hydroxyl groups is 1. The number of aliphatic hydroxyl groups excluding tert-OH is 1. The maximum Gasteiger partial charge on any atom is 0.200 e. The van der Waals surface area contributed by atoms with Gasteiger partial charge in [-0.1, -0.05) is 0 Å². The lowest BCUT2D eigenvalue weighted by atomic mass is 10.1. The molecule has 6 nitrogen and oxygen atoms in total. The van der Waals surface area contributed by atoms with Crippen molar-refractivity contribution in [3.05, 3.63) is 60.3 Å². The van der Waals surface area contributed by atoms with E-state index in [0.717, 1.165) is 28.0 Å². The summed E-state index contributed by atoms with van der Waals surface area (Å²) in [6.07, 6.45) is 0.902. The van der Waals surface area contributed by atoms with Crippen molar-refractivity contribution < 1.29 is 13.9 Å². The van der Waals surface area contributed by atoms with E-state index in [4.69, 9.17) is 8.83 Å². The average Bonchev–Trinajstić information content (AvgIpc) is 3.29. The molecule has 0 saturated carbocycles. The van der Waals surface area contributed by atoms with Crippen molar-refractivity contribution in [2.45, 2.75) is 20.0 Å². The molecule has 1 N–H and O–H groups in total. The van der Waals surface area contributed by atoms with Crippen LogP contribution in [-0.2, 0) is 0 Å². The summed E-state index contributed by atoms with van der Waals surface area (Å²) in [6, 6.07) is 13.3. The lowest BCUT2D eigenvalue weighted by Crippen LogP contribution is -2.11. The number of benzene rings is 1. The maximum absolute atomic E-state index is 9.67. The first-order chi connectivity index (χ1) is 12.5. The molecule has 0 spiro atoms. The summed E-state index contributed by atoms with van der Waals surface area (Å²) in [5.41, 5.74) is 1.72. The van der Waals surface area contributed by atoms with Crippen LogP contribution in [0.25, 0.3) is 22.2 Å². The number of aromatic nitrogens is 2. The Morgan fingerprint density at radius 2 is 1.88 bits per heavy atom. The fraction of sp³-hybridized carbons (Fsp3) is 0.200. The molecule has 0 fully saturated rings. The Labute approximate surface area is 150 Å². The van der Waals surface area contributed by atoms with E-state index in [1.807, 2.05) is 55.3 Å². The van der Waals surface area contributed by atoms with Gasteiger partial charge in [0.05, 0.1) is 5.52 Å². The Bertz CT molecular complexity index is 1070. The summed E-state index contributed by atoms with van der Waals surface area (Å²) < 4.78 is 11.5. The standard InChI is InChI=1S/C20H19N3O3/c1-12-4-9-19(25-12)23(3)20-15-10-14(5-6-16(15)21-11-22-20)18-8-7-17(26-18)13(2)24/h4-11,13,24H,1-3H3. The van der Waals surface area contributed by atoms with Gasteiger partial charge in [0.2, 0.25) is 5.88 Å². The highest BCUT2D eigenvalue weighted by molar-refractivity contribution is 5.93. The van der Waals surface area contributed by atoms with Crippen LogP contribution in [0, 0.1) is 6.92 Å². The minimum Gasteiger partial charge on any atom is -0.458 e. The van der Waals surface area contributed by atoms with Crippen molar-refractivity contribution in [1.82, 2.24) is 9.97 Å². The molecule has 1 atom stereocenters. The zero-order valence-electron chi connectivity index (χ0n) is 14.8. The zero-order chi connectivity index (χ0) is 18.3. The number of anilines is 2. The Balaban J connectivity index is 1.81. The zero-order valence-corrected chi connectivity index (χ0v) is 14.8. The topological polar surface area (TPSA) is 75.5 Å². The number of furan rings is 2. The predicted octanol–water partition coefficient (Wildman–Crippen LogP) is 4.61. The molecule has 1 unspecified atom stereocenters. The van der Waals surface area contributed by atoms with E-state index in [1.54, 1.807) is 19.3 Å². The number of rotatable bonds is 4. The van der Waals surface area contributed by atoms with Crippen molar-refractivity contribution in [2.75, 3.05) is 11.9 Å². The first-order valence-corrected chi connectivity index (χ1v) is 8.36. The molecule has 0 amide bonds. The molecular weight excluding hydrogens is 330 g/mol. The number of nitrogens with zero attached hydrogens (tertiary/aromatic N) is 3. The van der Waals surface area contributed by atoms with Gasteiger partial charge in [-0.05, 0) is 50.2 Å². The van der Waals surface area contributed by atoms with Crippen molar-refractivity contribution >= 4 is 22.6 Å². The van der Waals surface area contributed by atoms with Crippen molar-refractivity contribution in [1.29, 1.82) is 0 Å². The van der Waals surface area contributed by atoms with Gasteiger partial charge in [-0.15, -0.1) is 0 Å². The van der Waals surface area contributed by atoms with Gasteiger partial charge in [0.15, 0.2) is 0 Å². The van der Waals surface area contributed by atoms with E-state index >= 15 is 0 Å².